The lowest BCUT2D eigenvalue weighted by atomic mass is 10.1. The number of anilines is 1. The minimum absolute atomic E-state index is 0.0586. The molecule has 1 aliphatic rings. The van der Waals surface area contributed by atoms with Gasteiger partial charge >= 0.3 is 12.3 Å². The molecule has 1 amide bonds. The third-order valence-electron chi connectivity index (χ3n) is 5.66. The fourth-order valence-electron chi connectivity index (χ4n) is 4.13. The summed E-state index contributed by atoms with van der Waals surface area (Å²) in [5.41, 5.74) is 3.46. The van der Waals surface area contributed by atoms with Gasteiger partial charge in [0.25, 0.3) is 0 Å². The van der Waals surface area contributed by atoms with Crippen molar-refractivity contribution in [1.82, 2.24) is 20.2 Å². The molecule has 1 aliphatic heterocycles. The Bertz CT molecular complexity index is 1270. The first-order chi connectivity index (χ1) is 17.1. The number of nitrogens with zero attached hydrogens (tertiary/aromatic N) is 4. The Morgan fingerprint density at radius 2 is 2.11 bits per heavy atom. The maximum absolute atomic E-state index is 13.8. The number of carbonyl (C=O) groups is 1. The van der Waals surface area contributed by atoms with Crippen molar-refractivity contribution in [3.8, 4) is 5.75 Å². The monoisotopic (exact) mass is 506 g/mol. The van der Waals surface area contributed by atoms with Gasteiger partial charge in [0.1, 0.15) is 28.9 Å². The third-order valence-corrected chi connectivity index (χ3v) is 5.66. The first kappa shape index (κ1) is 25.1. The normalized spacial score (nSPS) is 17.4. The average molecular weight is 506 g/mol. The maximum Gasteiger partial charge on any atom is 0.408 e. The summed E-state index contributed by atoms with van der Waals surface area (Å²) in [7, 11) is 1.41. The Labute approximate surface area is 202 Å². The van der Waals surface area contributed by atoms with Gasteiger partial charge in [-0.25, -0.2) is 19.2 Å². The molecule has 3 N–H and O–H groups in total. The number of hydrogen-bond acceptors (Lipinski definition) is 7. The highest BCUT2D eigenvalue weighted by Gasteiger charge is 2.47. The van der Waals surface area contributed by atoms with Crippen LogP contribution in [0.3, 0.4) is 0 Å². The molecular formula is C23H22F4N6O3. The van der Waals surface area contributed by atoms with E-state index >= 15 is 0 Å². The number of pyridine rings is 2. The standard InChI is InChI=1S/C23H22F4N6O3/c1-36-18-9-15(24)8-13-2-4-16(30-20(13)18)11-29-32-19-5-3-14(10-28-19)21(23(25,26)27)33-7-6-17(12-33)31-22(34)35/h2-5,8-11,17,21,31H,6-7,12H2,1H3,(H,28,32)(H,34,35)/b29-11+/t17-,21+/m0/s1. The quantitative estimate of drug-likeness (QED) is 0.251. The van der Waals surface area contributed by atoms with Crippen LogP contribution in [0.2, 0.25) is 0 Å². The lowest BCUT2D eigenvalue weighted by Gasteiger charge is -2.30. The van der Waals surface area contributed by atoms with Crippen LogP contribution >= 0.6 is 0 Å². The number of benzene rings is 1. The summed E-state index contributed by atoms with van der Waals surface area (Å²) in [4.78, 5) is 20.4. The molecule has 0 radical (unpaired) electrons. The van der Waals surface area contributed by atoms with E-state index in [0.29, 0.717) is 16.6 Å². The van der Waals surface area contributed by atoms with Crippen molar-refractivity contribution in [2.45, 2.75) is 24.7 Å². The number of carboxylic acid groups (broad SMARTS) is 1. The van der Waals surface area contributed by atoms with Crippen LogP contribution in [-0.2, 0) is 0 Å². The van der Waals surface area contributed by atoms with Crippen molar-refractivity contribution in [3.63, 3.8) is 0 Å². The highest BCUT2D eigenvalue weighted by atomic mass is 19.4. The summed E-state index contributed by atoms with van der Waals surface area (Å²) >= 11 is 0. The van der Waals surface area contributed by atoms with E-state index in [4.69, 9.17) is 9.84 Å². The molecule has 0 spiro atoms. The van der Waals surface area contributed by atoms with Crippen LogP contribution in [0.15, 0.2) is 47.7 Å². The number of fused-ring (bicyclic) bond motifs is 1. The molecule has 13 heteroatoms. The zero-order valence-corrected chi connectivity index (χ0v) is 19.0. The zero-order valence-electron chi connectivity index (χ0n) is 19.0. The van der Waals surface area contributed by atoms with Crippen molar-refractivity contribution >= 4 is 29.0 Å². The van der Waals surface area contributed by atoms with E-state index < -0.39 is 30.2 Å². The van der Waals surface area contributed by atoms with Gasteiger partial charge in [-0.15, -0.1) is 0 Å². The molecule has 1 aromatic carbocycles. The Morgan fingerprint density at radius 1 is 1.31 bits per heavy atom. The van der Waals surface area contributed by atoms with E-state index in [2.05, 4.69) is 25.8 Å². The lowest BCUT2D eigenvalue weighted by Crippen LogP contribution is -2.40. The van der Waals surface area contributed by atoms with Crippen molar-refractivity contribution in [1.29, 1.82) is 0 Å². The number of rotatable bonds is 7. The fourth-order valence-corrected chi connectivity index (χ4v) is 4.13. The summed E-state index contributed by atoms with van der Waals surface area (Å²) in [6, 6.07) is 6.02. The molecule has 9 nitrogen and oxygen atoms in total. The molecule has 4 rings (SSSR count). The third kappa shape index (κ3) is 5.79. The van der Waals surface area contributed by atoms with Crippen LogP contribution in [0.4, 0.5) is 28.2 Å². The Hall–Kier alpha value is -4.00. The molecule has 1 fully saturated rings. The number of likely N-dealkylation sites (tertiary alicyclic amines) is 1. The Balaban J connectivity index is 1.45. The van der Waals surface area contributed by atoms with Crippen LogP contribution in [0.25, 0.3) is 10.9 Å². The van der Waals surface area contributed by atoms with E-state index in [9.17, 15) is 22.4 Å². The number of nitrogens with one attached hydrogen (secondary N) is 2. The van der Waals surface area contributed by atoms with Crippen LogP contribution in [0, 0.1) is 5.82 Å². The van der Waals surface area contributed by atoms with Gasteiger partial charge in [0.05, 0.1) is 19.0 Å². The molecule has 3 aromatic rings. The Morgan fingerprint density at radius 3 is 2.78 bits per heavy atom. The van der Waals surface area contributed by atoms with Gasteiger partial charge in [-0.1, -0.05) is 12.1 Å². The molecule has 2 atom stereocenters. The summed E-state index contributed by atoms with van der Waals surface area (Å²) in [5, 5.41) is 15.6. The van der Waals surface area contributed by atoms with E-state index in [0.717, 1.165) is 6.20 Å². The number of halogens is 4. The summed E-state index contributed by atoms with van der Waals surface area (Å²) in [6.07, 6.45) is -3.06. The lowest BCUT2D eigenvalue weighted by molar-refractivity contribution is -0.183. The van der Waals surface area contributed by atoms with Crippen LogP contribution in [0.1, 0.15) is 23.7 Å². The molecule has 0 unspecified atom stereocenters. The zero-order chi connectivity index (χ0) is 25.9. The topological polar surface area (TPSA) is 112 Å². The van der Waals surface area contributed by atoms with Crippen LogP contribution in [0.5, 0.6) is 5.75 Å². The van der Waals surface area contributed by atoms with Crippen LogP contribution < -0.4 is 15.5 Å². The largest absolute Gasteiger partial charge is 0.494 e. The molecule has 0 saturated carbocycles. The van der Waals surface area contributed by atoms with Crippen molar-refractivity contribution in [2.24, 2.45) is 5.10 Å². The Kier molecular flexibility index (Phi) is 7.20. The van der Waals surface area contributed by atoms with E-state index in [-0.39, 0.29) is 36.6 Å². The number of methoxy groups -OCH3 is 1. The molecule has 1 saturated heterocycles. The van der Waals surface area contributed by atoms with Gasteiger partial charge in [0.15, 0.2) is 0 Å². The SMILES string of the molecule is COc1cc(F)cc2ccc(/C=N/Nc3ccc([C@@H](N4CC[C@H](NC(=O)O)C4)C(F)(F)F)cn3)nc12. The summed E-state index contributed by atoms with van der Waals surface area (Å²) in [5.74, 6) is 0.0314. The predicted octanol–water partition coefficient (Wildman–Crippen LogP) is 4.17. The molecule has 190 valence electrons. The van der Waals surface area contributed by atoms with Gasteiger partial charge in [-0.2, -0.15) is 18.3 Å². The van der Waals surface area contributed by atoms with Crippen molar-refractivity contribution < 1.29 is 32.2 Å². The number of hydrazone groups is 1. The molecule has 3 heterocycles. The first-order valence-corrected chi connectivity index (χ1v) is 10.8. The highest BCUT2D eigenvalue weighted by Crippen LogP contribution is 2.39. The highest BCUT2D eigenvalue weighted by molar-refractivity contribution is 5.89. The van der Waals surface area contributed by atoms with Gasteiger partial charge in [0.2, 0.25) is 0 Å². The number of ether oxygens (including phenoxy) is 1. The minimum atomic E-state index is -4.57. The van der Waals surface area contributed by atoms with Crippen molar-refractivity contribution in [2.75, 3.05) is 25.6 Å². The molecular weight excluding hydrogens is 484 g/mol. The van der Waals surface area contributed by atoms with Crippen molar-refractivity contribution in [3.05, 3.63) is 59.7 Å². The number of amides is 1. The number of alkyl halides is 3. The second-order valence-corrected chi connectivity index (χ2v) is 8.14. The second kappa shape index (κ2) is 10.3. The number of aromatic nitrogens is 2. The molecule has 0 bridgehead atoms. The maximum atomic E-state index is 13.8. The second-order valence-electron chi connectivity index (χ2n) is 8.14. The fraction of sp³-hybridized carbons (Fsp3) is 0.304. The smallest absolute Gasteiger partial charge is 0.408 e. The van der Waals surface area contributed by atoms with Gasteiger partial charge in [-0.05, 0) is 30.2 Å². The van der Waals surface area contributed by atoms with Gasteiger partial charge < -0.3 is 15.2 Å². The number of hydrogen-bond donors (Lipinski definition) is 3. The van der Waals surface area contributed by atoms with E-state index in [1.165, 1.54) is 42.5 Å². The first-order valence-electron chi connectivity index (χ1n) is 10.8. The van der Waals surface area contributed by atoms with Crippen LogP contribution in [-0.4, -0.2) is 64.7 Å². The predicted molar refractivity (Wildman–Crippen MR) is 124 cm³/mol. The summed E-state index contributed by atoms with van der Waals surface area (Å²) < 4.78 is 60.3. The molecule has 36 heavy (non-hydrogen) atoms. The molecule has 2 aromatic heterocycles. The van der Waals surface area contributed by atoms with E-state index in [1.54, 1.807) is 12.1 Å². The average Bonchev–Trinajstić information content (AvgIpc) is 3.25. The van der Waals surface area contributed by atoms with Gasteiger partial charge in [-0.3, -0.25) is 10.3 Å². The van der Waals surface area contributed by atoms with E-state index in [1.807, 2.05) is 0 Å². The minimum Gasteiger partial charge on any atom is -0.494 e. The summed E-state index contributed by atoms with van der Waals surface area (Å²) in [6.45, 7) is 0.0343. The van der Waals surface area contributed by atoms with Gasteiger partial charge in [0, 0.05) is 36.8 Å². The molecule has 0 aliphatic carbocycles.